The number of carboxylic acids is 3. The number of rotatable bonds is 18. The number of carbonyl (C=O) groups excluding carboxylic acids is 3. The molecule has 0 aliphatic rings. The van der Waals surface area contributed by atoms with Crippen molar-refractivity contribution in [2.75, 3.05) is 19.8 Å². The van der Waals surface area contributed by atoms with Crippen molar-refractivity contribution in [3.8, 4) is 0 Å². The van der Waals surface area contributed by atoms with Crippen molar-refractivity contribution in [1.82, 2.24) is 0 Å². The predicted octanol–water partition coefficient (Wildman–Crippen LogP) is -16.4. The van der Waals surface area contributed by atoms with Gasteiger partial charge in [-0.1, -0.05) is 0 Å². The molecule has 25 heteroatoms. The quantitative estimate of drug-likeness (QED) is 0.0582. The van der Waals surface area contributed by atoms with E-state index in [0.717, 1.165) is 0 Å². The van der Waals surface area contributed by atoms with Crippen LogP contribution in [0.2, 0.25) is 0 Å². The fourth-order valence-corrected chi connectivity index (χ4v) is 2.59. The van der Waals surface area contributed by atoms with Gasteiger partial charge in [-0.2, -0.15) is 0 Å². The van der Waals surface area contributed by atoms with Gasteiger partial charge < -0.3 is 122 Å². The molecule has 0 bridgehead atoms. The van der Waals surface area contributed by atoms with Crippen molar-refractivity contribution in [2.24, 2.45) is 0 Å². The summed E-state index contributed by atoms with van der Waals surface area (Å²) in [5, 5.41) is 190. The van der Waals surface area contributed by atoms with Crippen LogP contribution >= 0.6 is 0 Å². The first-order chi connectivity index (χ1) is 20.5. The molecule has 0 fully saturated rings. The number of aliphatic carboxylic acids is 3. The molecule has 0 aromatic carbocycles. The standard InChI is InChI=1S/3C7H14O8.Fe/c3*8-1-2(9)3(10)4(11)5(12)6(13)7(14)15;/h3*2-6,8-13H,1H2,(H,14,15);/q;;;+3/p-3/t3*2-,3-,4+,5-,6-;/m111./s1. The van der Waals surface area contributed by atoms with Crippen LogP contribution in [0.3, 0.4) is 0 Å². The Hall–Kier alpha value is -1.79. The van der Waals surface area contributed by atoms with Crippen molar-refractivity contribution >= 4 is 17.9 Å². The van der Waals surface area contributed by atoms with Crippen molar-refractivity contribution in [3.63, 3.8) is 0 Å². The topological polar surface area (TPSA) is 485 Å². The van der Waals surface area contributed by atoms with Crippen LogP contribution in [0.5, 0.6) is 0 Å². The van der Waals surface area contributed by atoms with E-state index in [0.29, 0.717) is 0 Å². The van der Waals surface area contributed by atoms with E-state index < -0.39 is 129 Å². The van der Waals surface area contributed by atoms with Crippen LogP contribution in [0.4, 0.5) is 0 Å². The Morgan fingerprint density at radius 3 is 0.609 bits per heavy atom. The first-order valence-electron chi connectivity index (χ1n) is 12.1. The van der Waals surface area contributed by atoms with Gasteiger partial charge in [0.2, 0.25) is 0 Å². The molecule has 0 saturated heterocycles. The Morgan fingerprint density at radius 1 is 0.348 bits per heavy atom. The van der Waals surface area contributed by atoms with E-state index in [1.54, 1.807) is 0 Å². The molecule has 0 unspecified atom stereocenters. The minimum atomic E-state index is -2.40. The van der Waals surface area contributed by atoms with Crippen LogP contribution in [0.25, 0.3) is 0 Å². The molecule has 46 heavy (non-hydrogen) atoms. The Balaban J connectivity index is -0.000000285. The Morgan fingerprint density at radius 2 is 0.500 bits per heavy atom. The van der Waals surface area contributed by atoms with Crippen LogP contribution in [0, 0.1) is 0 Å². The van der Waals surface area contributed by atoms with Crippen molar-refractivity contribution in [1.29, 1.82) is 0 Å². The molecule has 24 nitrogen and oxygen atoms in total. The molecular weight excluding hydrogens is 692 g/mol. The molecule has 0 aliphatic carbocycles. The van der Waals surface area contributed by atoms with Gasteiger partial charge in [-0.25, -0.2) is 0 Å². The number of hydrogen-bond donors (Lipinski definition) is 18. The monoisotopic (exact) mass is 731 g/mol. The number of aliphatic hydroxyl groups excluding tert-OH is 18. The van der Waals surface area contributed by atoms with Crippen LogP contribution < -0.4 is 15.3 Å². The van der Waals surface area contributed by atoms with Crippen LogP contribution in [-0.4, -0.2) is 221 Å². The molecule has 0 aromatic heterocycles. The Kier molecular flexibility index (Phi) is 28.0. The van der Waals surface area contributed by atoms with Crippen LogP contribution in [0.1, 0.15) is 0 Å². The zero-order chi connectivity index (χ0) is 36.5. The van der Waals surface area contributed by atoms with Gasteiger partial charge in [0.05, 0.1) is 37.7 Å². The summed E-state index contributed by atoms with van der Waals surface area (Å²) in [5.41, 5.74) is 0. The summed E-state index contributed by atoms with van der Waals surface area (Å²) >= 11 is 0. The molecule has 1 radical (unpaired) electrons. The average molecular weight is 731 g/mol. The summed E-state index contributed by atoms with van der Waals surface area (Å²) in [7, 11) is 0. The molecule has 0 amide bonds. The van der Waals surface area contributed by atoms with Crippen LogP contribution in [0.15, 0.2) is 0 Å². The summed E-state index contributed by atoms with van der Waals surface area (Å²) < 4.78 is 0. The second-order valence-electron chi connectivity index (χ2n) is 8.96. The zero-order valence-corrected chi connectivity index (χ0v) is 24.2. The maximum atomic E-state index is 10.1. The molecule has 0 aliphatic heterocycles. The fraction of sp³-hybridized carbons (Fsp3) is 0.857. The van der Waals surface area contributed by atoms with E-state index in [1.165, 1.54) is 0 Å². The SMILES string of the molecule is O=C([O-])[C@H](O)[C@H](O)[C@@H](O)[C@H](O)[C@H](O)CO.O=C([O-])[C@H](O)[C@H](O)[C@@H](O)[C@H](O)[C@H](O)CO.O=C([O-])[C@H](O)[C@H](O)[C@@H](O)[C@H](O)[C@H](O)CO.[Fe+3]. The number of carbonyl (C=O) groups is 3. The number of carboxylic acid groups (broad SMARTS) is 3. The fourth-order valence-electron chi connectivity index (χ4n) is 2.59. The summed E-state index contributed by atoms with van der Waals surface area (Å²) in [6.45, 7) is -2.69. The second-order valence-corrected chi connectivity index (χ2v) is 8.96. The summed E-state index contributed by atoms with van der Waals surface area (Å²) in [5.74, 6) is -6.10. The van der Waals surface area contributed by atoms with E-state index in [2.05, 4.69) is 0 Å². The van der Waals surface area contributed by atoms with Gasteiger partial charge >= 0.3 is 17.1 Å². The van der Waals surface area contributed by atoms with Gasteiger partial charge in [0.15, 0.2) is 0 Å². The Bertz CT molecular complexity index is 733. The third-order valence-electron chi connectivity index (χ3n) is 5.54. The minimum absolute atomic E-state index is 0. The number of hydrogen-bond acceptors (Lipinski definition) is 24. The summed E-state index contributed by atoms with van der Waals surface area (Å²) in [4.78, 5) is 30.2. The maximum Gasteiger partial charge on any atom is 3.00 e. The molecule has 0 spiro atoms. The molecule has 0 rings (SSSR count). The zero-order valence-electron chi connectivity index (χ0n) is 23.1. The van der Waals surface area contributed by atoms with Crippen molar-refractivity contribution in [3.05, 3.63) is 0 Å². The smallest absolute Gasteiger partial charge is 0.547 e. The summed E-state index contributed by atoms with van der Waals surface area (Å²) in [6, 6.07) is 0. The third kappa shape index (κ3) is 17.4. The van der Waals surface area contributed by atoms with E-state index in [1.807, 2.05) is 0 Å². The number of aliphatic hydroxyl groups is 18. The van der Waals surface area contributed by atoms with Gasteiger partial charge in [0.1, 0.15) is 91.6 Å². The van der Waals surface area contributed by atoms with Gasteiger partial charge in [0.25, 0.3) is 0 Å². The summed E-state index contributed by atoms with van der Waals surface area (Å²) in [6.07, 6.45) is -31.5. The Labute approximate surface area is 268 Å². The largest absolute Gasteiger partial charge is 3.00 e. The van der Waals surface area contributed by atoms with E-state index in [-0.39, 0.29) is 17.1 Å². The molecule has 18 N–H and O–H groups in total. The first kappa shape index (κ1) is 51.1. The van der Waals surface area contributed by atoms with Crippen molar-refractivity contribution < 1.29 is 139 Å². The molecular formula is C21H39FeO24. The molecule has 0 heterocycles. The average Bonchev–Trinajstić information content (AvgIpc) is 3.02. The second kappa shape index (κ2) is 25.3. The first-order valence-corrected chi connectivity index (χ1v) is 12.1. The molecule has 0 saturated carbocycles. The van der Waals surface area contributed by atoms with Gasteiger partial charge in [-0.15, -0.1) is 0 Å². The normalized spacial score (nSPS) is 21.0. The van der Waals surface area contributed by atoms with E-state index in [9.17, 15) is 29.7 Å². The molecule has 275 valence electrons. The van der Waals surface area contributed by atoms with Crippen LogP contribution in [-0.2, 0) is 31.5 Å². The van der Waals surface area contributed by atoms with Gasteiger partial charge in [0, 0.05) is 0 Å². The third-order valence-corrected chi connectivity index (χ3v) is 5.54. The van der Waals surface area contributed by atoms with Crippen molar-refractivity contribution in [2.45, 2.75) is 91.6 Å². The molecule has 0 aromatic rings. The minimum Gasteiger partial charge on any atom is -0.547 e. The maximum absolute atomic E-state index is 10.1. The van der Waals surface area contributed by atoms with Gasteiger partial charge in [-0.05, 0) is 0 Å². The van der Waals surface area contributed by atoms with E-state index >= 15 is 0 Å². The van der Waals surface area contributed by atoms with E-state index in [4.69, 9.17) is 91.9 Å². The van der Waals surface area contributed by atoms with Gasteiger partial charge in [-0.3, -0.25) is 0 Å². The molecule has 15 atom stereocenters. The predicted molar refractivity (Wildman–Crippen MR) is 126 cm³/mol.